The van der Waals surface area contributed by atoms with Gasteiger partial charge in [-0.2, -0.15) is 0 Å². The number of esters is 1. The molecule has 0 unspecified atom stereocenters. The van der Waals surface area contributed by atoms with Gasteiger partial charge in [0.15, 0.2) is 0 Å². The number of carbonyl (C=O) groups is 2. The zero-order valence-electron chi connectivity index (χ0n) is 13.2. The lowest BCUT2D eigenvalue weighted by molar-refractivity contribution is 0.0600. The van der Waals surface area contributed by atoms with Gasteiger partial charge < -0.3 is 19.6 Å². The monoisotopic (exact) mass is 319 g/mol. The van der Waals surface area contributed by atoms with Crippen molar-refractivity contribution in [2.75, 3.05) is 38.2 Å². The SMILES string of the molecule is COC(=O)c1ccc(N2CCC3(CCN(C(=O)O)C3)CC2)nc1. The molecule has 23 heavy (non-hydrogen) atoms. The smallest absolute Gasteiger partial charge is 0.407 e. The Labute approximate surface area is 134 Å². The Bertz CT molecular complexity index is 594. The molecule has 0 atom stereocenters. The Morgan fingerprint density at radius 1 is 1.22 bits per heavy atom. The molecule has 124 valence electrons. The first kappa shape index (κ1) is 15.6. The first-order valence-corrected chi connectivity index (χ1v) is 7.80. The standard InChI is InChI=1S/C16H21N3O4/c1-23-14(20)12-2-3-13(17-10-12)18-7-4-16(5-8-18)6-9-19(11-16)15(21)22/h2-3,10H,4-9,11H2,1H3,(H,21,22). The maximum absolute atomic E-state index is 11.4. The van der Waals surface area contributed by atoms with Gasteiger partial charge in [0, 0.05) is 32.4 Å². The highest BCUT2D eigenvalue weighted by atomic mass is 16.5. The number of ether oxygens (including phenoxy) is 1. The van der Waals surface area contributed by atoms with E-state index in [1.165, 1.54) is 18.2 Å². The lowest BCUT2D eigenvalue weighted by Gasteiger charge is -2.39. The quantitative estimate of drug-likeness (QED) is 0.838. The molecular weight excluding hydrogens is 298 g/mol. The van der Waals surface area contributed by atoms with Crippen LogP contribution in [0.4, 0.5) is 10.6 Å². The van der Waals surface area contributed by atoms with Gasteiger partial charge in [0.05, 0.1) is 12.7 Å². The third kappa shape index (κ3) is 3.09. The van der Waals surface area contributed by atoms with Crippen molar-refractivity contribution in [1.82, 2.24) is 9.88 Å². The minimum absolute atomic E-state index is 0.126. The van der Waals surface area contributed by atoms with Crippen LogP contribution in [0.5, 0.6) is 0 Å². The molecule has 1 spiro atoms. The van der Waals surface area contributed by atoms with Crippen LogP contribution in [0, 0.1) is 5.41 Å². The Balaban J connectivity index is 1.61. The molecule has 1 aromatic rings. The molecule has 2 aliphatic heterocycles. The minimum Gasteiger partial charge on any atom is -0.465 e. The number of amides is 1. The summed E-state index contributed by atoms with van der Waals surface area (Å²) in [7, 11) is 1.35. The van der Waals surface area contributed by atoms with Crippen molar-refractivity contribution in [3.8, 4) is 0 Å². The van der Waals surface area contributed by atoms with Crippen LogP contribution in [-0.4, -0.2) is 60.3 Å². The van der Waals surface area contributed by atoms with Gasteiger partial charge in [-0.05, 0) is 36.8 Å². The molecule has 0 aliphatic carbocycles. The fourth-order valence-corrected chi connectivity index (χ4v) is 3.53. The molecule has 3 heterocycles. The van der Waals surface area contributed by atoms with Gasteiger partial charge in [0.25, 0.3) is 0 Å². The summed E-state index contributed by atoms with van der Waals surface area (Å²) in [5, 5.41) is 9.12. The first-order chi connectivity index (χ1) is 11.0. The van der Waals surface area contributed by atoms with E-state index in [2.05, 4.69) is 14.6 Å². The molecule has 1 N–H and O–H groups in total. The number of carboxylic acid groups (broad SMARTS) is 1. The summed E-state index contributed by atoms with van der Waals surface area (Å²) in [6, 6.07) is 3.56. The Kier molecular flexibility index (Phi) is 4.11. The average Bonchev–Trinajstić information content (AvgIpc) is 2.99. The molecule has 3 rings (SSSR count). The van der Waals surface area contributed by atoms with E-state index in [9.17, 15) is 9.59 Å². The highest BCUT2D eigenvalue weighted by molar-refractivity contribution is 5.89. The highest BCUT2D eigenvalue weighted by Crippen LogP contribution is 2.41. The molecule has 2 saturated heterocycles. The topological polar surface area (TPSA) is 83.0 Å². The van der Waals surface area contributed by atoms with Crippen molar-refractivity contribution < 1.29 is 19.4 Å². The van der Waals surface area contributed by atoms with Crippen LogP contribution >= 0.6 is 0 Å². The molecule has 0 saturated carbocycles. The normalized spacial score (nSPS) is 19.9. The van der Waals surface area contributed by atoms with Crippen LogP contribution in [-0.2, 0) is 4.74 Å². The number of methoxy groups -OCH3 is 1. The maximum atomic E-state index is 11.4. The van der Waals surface area contributed by atoms with E-state index in [1.807, 2.05) is 6.07 Å². The molecular formula is C16H21N3O4. The average molecular weight is 319 g/mol. The largest absolute Gasteiger partial charge is 0.465 e. The van der Waals surface area contributed by atoms with Crippen LogP contribution in [0.1, 0.15) is 29.6 Å². The van der Waals surface area contributed by atoms with E-state index in [0.29, 0.717) is 18.7 Å². The van der Waals surface area contributed by atoms with Crippen molar-refractivity contribution in [3.63, 3.8) is 0 Å². The summed E-state index contributed by atoms with van der Waals surface area (Å²) < 4.78 is 4.67. The van der Waals surface area contributed by atoms with Gasteiger partial charge in [-0.1, -0.05) is 0 Å². The van der Waals surface area contributed by atoms with Crippen LogP contribution in [0.3, 0.4) is 0 Å². The summed E-state index contributed by atoms with van der Waals surface area (Å²) in [5.74, 6) is 0.460. The van der Waals surface area contributed by atoms with Gasteiger partial charge in [0.2, 0.25) is 0 Å². The molecule has 2 fully saturated rings. The second-order valence-corrected chi connectivity index (χ2v) is 6.34. The fraction of sp³-hybridized carbons (Fsp3) is 0.562. The van der Waals surface area contributed by atoms with Crippen molar-refractivity contribution >= 4 is 17.9 Å². The number of hydrogen-bond acceptors (Lipinski definition) is 5. The van der Waals surface area contributed by atoms with Crippen molar-refractivity contribution in [3.05, 3.63) is 23.9 Å². The van der Waals surface area contributed by atoms with Crippen LogP contribution < -0.4 is 4.90 Å². The van der Waals surface area contributed by atoms with Gasteiger partial charge in [-0.15, -0.1) is 0 Å². The summed E-state index contributed by atoms with van der Waals surface area (Å²) in [6.07, 6.45) is 3.60. The van der Waals surface area contributed by atoms with Crippen molar-refractivity contribution in [2.24, 2.45) is 5.41 Å². The maximum Gasteiger partial charge on any atom is 0.407 e. The number of nitrogens with zero attached hydrogens (tertiary/aromatic N) is 3. The second kappa shape index (κ2) is 6.06. The van der Waals surface area contributed by atoms with Gasteiger partial charge in [-0.25, -0.2) is 14.6 Å². The van der Waals surface area contributed by atoms with E-state index in [4.69, 9.17) is 5.11 Å². The predicted molar refractivity (Wildman–Crippen MR) is 83.7 cm³/mol. The van der Waals surface area contributed by atoms with Crippen molar-refractivity contribution in [2.45, 2.75) is 19.3 Å². The molecule has 0 radical (unpaired) electrons. The fourth-order valence-electron chi connectivity index (χ4n) is 3.53. The summed E-state index contributed by atoms with van der Waals surface area (Å²) >= 11 is 0. The van der Waals surface area contributed by atoms with Crippen LogP contribution in [0.2, 0.25) is 0 Å². The number of rotatable bonds is 2. The number of anilines is 1. The van der Waals surface area contributed by atoms with E-state index in [0.717, 1.165) is 38.2 Å². The van der Waals surface area contributed by atoms with E-state index in [-0.39, 0.29) is 11.4 Å². The van der Waals surface area contributed by atoms with Crippen molar-refractivity contribution in [1.29, 1.82) is 0 Å². The number of carbonyl (C=O) groups excluding carboxylic acids is 1. The van der Waals surface area contributed by atoms with Gasteiger partial charge in [-0.3, -0.25) is 0 Å². The van der Waals surface area contributed by atoms with E-state index < -0.39 is 6.09 Å². The minimum atomic E-state index is -0.815. The van der Waals surface area contributed by atoms with Crippen LogP contribution in [0.25, 0.3) is 0 Å². The number of aromatic nitrogens is 1. The molecule has 7 nitrogen and oxygen atoms in total. The molecule has 1 aromatic heterocycles. The highest BCUT2D eigenvalue weighted by Gasteiger charge is 2.42. The third-order valence-electron chi connectivity index (χ3n) is 5.03. The molecule has 7 heteroatoms. The molecule has 0 aromatic carbocycles. The molecule has 2 aliphatic rings. The zero-order valence-corrected chi connectivity index (χ0v) is 13.2. The van der Waals surface area contributed by atoms with Gasteiger partial charge in [0.1, 0.15) is 5.82 Å². The Morgan fingerprint density at radius 2 is 1.91 bits per heavy atom. The lowest BCUT2D eigenvalue weighted by Crippen LogP contribution is -2.42. The first-order valence-electron chi connectivity index (χ1n) is 7.80. The summed E-state index contributed by atoms with van der Waals surface area (Å²) in [4.78, 5) is 30.6. The Morgan fingerprint density at radius 3 is 2.43 bits per heavy atom. The van der Waals surface area contributed by atoms with Crippen LogP contribution in [0.15, 0.2) is 18.3 Å². The molecule has 0 bridgehead atoms. The Hall–Kier alpha value is -2.31. The summed E-state index contributed by atoms with van der Waals surface area (Å²) in [5.41, 5.74) is 0.568. The zero-order chi connectivity index (χ0) is 16.4. The summed E-state index contributed by atoms with van der Waals surface area (Å²) in [6.45, 7) is 3.00. The van der Waals surface area contributed by atoms with E-state index in [1.54, 1.807) is 6.07 Å². The number of likely N-dealkylation sites (tertiary alicyclic amines) is 1. The number of piperidine rings is 1. The molecule has 1 amide bonds. The lowest BCUT2D eigenvalue weighted by atomic mass is 9.78. The third-order valence-corrected chi connectivity index (χ3v) is 5.03. The van der Waals surface area contributed by atoms with E-state index >= 15 is 0 Å². The number of hydrogen-bond donors (Lipinski definition) is 1. The number of pyridine rings is 1. The predicted octanol–water partition coefficient (Wildman–Crippen LogP) is 1.84. The van der Waals surface area contributed by atoms with Gasteiger partial charge >= 0.3 is 12.1 Å². The second-order valence-electron chi connectivity index (χ2n) is 6.34.